The highest BCUT2D eigenvalue weighted by Crippen LogP contribution is 2.19. The Labute approximate surface area is 132 Å². The summed E-state index contributed by atoms with van der Waals surface area (Å²) in [5.74, 6) is 0.568. The molecule has 1 saturated heterocycles. The number of carbonyl (C=O) groups excluding carboxylic acids is 1. The van der Waals surface area contributed by atoms with Gasteiger partial charge < -0.3 is 10.2 Å². The first kappa shape index (κ1) is 13.7. The molecule has 0 bridgehead atoms. The Morgan fingerprint density at radius 1 is 1.17 bits per heavy atom. The Kier molecular flexibility index (Phi) is 3.38. The Morgan fingerprint density at radius 2 is 2.04 bits per heavy atom. The number of hydrogen-bond donors (Lipinski definition) is 2. The van der Waals surface area contributed by atoms with Gasteiger partial charge in [-0.3, -0.25) is 9.89 Å². The molecule has 0 atom stereocenters. The van der Waals surface area contributed by atoms with Crippen molar-refractivity contribution in [3.8, 4) is 0 Å². The molecule has 0 spiro atoms. The molecule has 0 saturated carbocycles. The fourth-order valence-corrected chi connectivity index (χ4v) is 2.80. The lowest BCUT2D eigenvalue weighted by molar-refractivity contribution is 0.102. The molecule has 1 aromatic carbocycles. The van der Waals surface area contributed by atoms with Crippen LogP contribution in [-0.4, -0.2) is 39.2 Å². The van der Waals surface area contributed by atoms with Crippen molar-refractivity contribution in [2.24, 2.45) is 0 Å². The van der Waals surface area contributed by atoms with E-state index in [1.54, 1.807) is 12.3 Å². The lowest BCUT2D eigenvalue weighted by atomic mass is 10.2. The Hall–Kier alpha value is -2.96. The number of anilines is 2. The van der Waals surface area contributed by atoms with E-state index in [1.807, 2.05) is 18.2 Å². The molecule has 2 aromatic heterocycles. The smallest absolute Gasteiger partial charge is 0.274 e. The average molecular weight is 308 g/mol. The minimum absolute atomic E-state index is 0.244. The maximum atomic E-state index is 12.4. The van der Waals surface area contributed by atoms with E-state index >= 15 is 0 Å². The van der Waals surface area contributed by atoms with E-state index in [0.717, 1.165) is 42.7 Å². The fraction of sp³-hybridized carbons (Fsp3) is 0.250. The predicted octanol–water partition coefficient (Wildman–Crippen LogP) is 2.21. The highest BCUT2D eigenvalue weighted by molar-refractivity contribution is 6.04. The molecule has 1 aliphatic rings. The third-order valence-electron chi connectivity index (χ3n) is 4.02. The second-order valence-corrected chi connectivity index (χ2v) is 5.58. The Bertz CT molecular complexity index is 852. The van der Waals surface area contributed by atoms with Crippen molar-refractivity contribution >= 4 is 28.3 Å². The summed E-state index contributed by atoms with van der Waals surface area (Å²) in [5.41, 5.74) is 1.95. The van der Waals surface area contributed by atoms with Crippen molar-refractivity contribution in [3.63, 3.8) is 0 Å². The summed E-state index contributed by atoms with van der Waals surface area (Å²) < 4.78 is 0. The van der Waals surface area contributed by atoms with Crippen molar-refractivity contribution < 1.29 is 4.79 Å². The molecular weight excluding hydrogens is 292 g/mol. The zero-order valence-electron chi connectivity index (χ0n) is 12.5. The fourth-order valence-electron chi connectivity index (χ4n) is 2.80. The van der Waals surface area contributed by atoms with E-state index in [1.165, 1.54) is 6.33 Å². The van der Waals surface area contributed by atoms with Crippen LogP contribution in [-0.2, 0) is 0 Å². The standard InChI is InChI=1S/C16H16N6O/c23-16(20-12-4-3-11-9-19-21-13(11)7-12)14-8-15(18-10-17-14)22-5-1-2-6-22/h3-4,7-10H,1-2,5-6H2,(H,19,21)(H,20,23). The summed E-state index contributed by atoms with van der Waals surface area (Å²) in [7, 11) is 0. The number of fused-ring (bicyclic) bond motifs is 1. The van der Waals surface area contributed by atoms with Crippen LogP contribution < -0.4 is 10.2 Å². The van der Waals surface area contributed by atoms with Gasteiger partial charge in [0.05, 0.1) is 11.7 Å². The van der Waals surface area contributed by atoms with Gasteiger partial charge in [0.1, 0.15) is 17.8 Å². The molecule has 116 valence electrons. The van der Waals surface area contributed by atoms with Crippen molar-refractivity contribution in [1.82, 2.24) is 20.2 Å². The van der Waals surface area contributed by atoms with Crippen molar-refractivity contribution in [1.29, 1.82) is 0 Å². The van der Waals surface area contributed by atoms with Gasteiger partial charge in [0.25, 0.3) is 5.91 Å². The summed E-state index contributed by atoms with van der Waals surface area (Å²) in [6, 6.07) is 7.35. The highest BCUT2D eigenvalue weighted by Gasteiger charge is 2.16. The zero-order chi connectivity index (χ0) is 15.6. The number of H-pyrrole nitrogens is 1. The number of rotatable bonds is 3. The number of carbonyl (C=O) groups is 1. The minimum atomic E-state index is -0.244. The maximum Gasteiger partial charge on any atom is 0.274 e. The highest BCUT2D eigenvalue weighted by atomic mass is 16.1. The molecule has 3 heterocycles. The van der Waals surface area contributed by atoms with Gasteiger partial charge in [0.2, 0.25) is 0 Å². The summed E-state index contributed by atoms with van der Waals surface area (Å²) in [6.45, 7) is 1.96. The number of aromatic nitrogens is 4. The molecule has 7 nitrogen and oxygen atoms in total. The molecule has 2 N–H and O–H groups in total. The third kappa shape index (κ3) is 2.73. The van der Waals surface area contributed by atoms with Crippen molar-refractivity contribution in [2.75, 3.05) is 23.3 Å². The van der Waals surface area contributed by atoms with E-state index in [9.17, 15) is 4.79 Å². The predicted molar refractivity (Wildman–Crippen MR) is 87.5 cm³/mol. The Morgan fingerprint density at radius 3 is 2.91 bits per heavy atom. The summed E-state index contributed by atoms with van der Waals surface area (Å²) in [5, 5.41) is 10.7. The van der Waals surface area contributed by atoms with Gasteiger partial charge in [-0.25, -0.2) is 9.97 Å². The van der Waals surface area contributed by atoms with Gasteiger partial charge in [-0.2, -0.15) is 5.10 Å². The van der Waals surface area contributed by atoms with Gasteiger partial charge >= 0.3 is 0 Å². The second kappa shape index (κ2) is 5.68. The average Bonchev–Trinajstić information content (AvgIpc) is 3.26. The number of benzene rings is 1. The summed E-state index contributed by atoms with van der Waals surface area (Å²) in [6.07, 6.45) is 5.51. The molecule has 0 radical (unpaired) electrons. The topological polar surface area (TPSA) is 86.8 Å². The molecule has 1 aliphatic heterocycles. The van der Waals surface area contributed by atoms with Crippen molar-refractivity contribution in [2.45, 2.75) is 12.8 Å². The van der Waals surface area contributed by atoms with Crippen LogP contribution in [0.4, 0.5) is 11.5 Å². The summed E-state index contributed by atoms with van der Waals surface area (Å²) in [4.78, 5) is 22.9. The summed E-state index contributed by atoms with van der Waals surface area (Å²) >= 11 is 0. The van der Waals surface area contributed by atoms with Crippen LogP contribution in [0.2, 0.25) is 0 Å². The van der Waals surface area contributed by atoms with Gasteiger partial charge in [-0.15, -0.1) is 0 Å². The maximum absolute atomic E-state index is 12.4. The molecule has 1 amide bonds. The normalized spacial score (nSPS) is 14.3. The van der Waals surface area contributed by atoms with Gasteiger partial charge in [0, 0.05) is 30.2 Å². The minimum Gasteiger partial charge on any atom is -0.357 e. The molecular formula is C16H16N6O. The lowest BCUT2D eigenvalue weighted by Crippen LogP contribution is -2.21. The van der Waals surface area contributed by atoms with Gasteiger partial charge in [-0.1, -0.05) is 0 Å². The molecule has 23 heavy (non-hydrogen) atoms. The van der Waals surface area contributed by atoms with E-state index in [0.29, 0.717) is 11.4 Å². The number of aromatic amines is 1. The van der Waals surface area contributed by atoms with Crippen LogP contribution in [0.25, 0.3) is 10.9 Å². The quantitative estimate of drug-likeness (QED) is 0.774. The second-order valence-electron chi connectivity index (χ2n) is 5.58. The molecule has 1 fully saturated rings. The van der Waals surface area contributed by atoms with Crippen LogP contribution in [0.3, 0.4) is 0 Å². The monoisotopic (exact) mass is 308 g/mol. The molecule has 0 unspecified atom stereocenters. The molecule has 7 heteroatoms. The van der Waals surface area contributed by atoms with E-state index in [4.69, 9.17) is 0 Å². The largest absolute Gasteiger partial charge is 0.357 e. The lowest BCUT2D eigenvalue weighted by Gasteiger charge is -2.16. The van der Waals surface area contributed by atoms with Gasteiger partial charge in [-0.05, 0) is 31.0 Å². The van der Waals surface area contributed by atoms with E-state index in [-0.39, 0.29) is 5.91 Å². The van der Waals surface area contributed by atoms with Crippen LogP contribution in [0, 0.1) is 0 Å². The number of amides is 1. The number of hydrogen-bond acceptors (Lipinski definition) is 5. The van der Waals surface area contributed by atoms with Crippen LogP contribution in [0.5, 0.6) is 0 Å². The van der Waals surface area contributed by atoms with E-state index < -0.39 is 0 Å². The van der Waals surface area contributed by atoms with Gasteiger partial charge in [0.15, 0.2) is 0 Å². The number of nitrogens with one attached hydrogen (secondary N) is 2. The third-order valence-corrected chi connectivity index (χ3v) is 4.02. The SMILES string of the molecule is O=C(Nc1ccc2cn[nH]c2c1)c1cc(N2CCCC2)ncn1. The zero-order valence-corrected chi connectivity index (χ0v) is 12.5. The van der Waals surface area contributed by atoms with Crippen LogP contribution >= 0.6 is 0 Å². The first-order valence-corrected chi connectivity index (χ1v) is 7.61. The first-order chi connectivity index (χ1) is 11.3. The first-order valence-electron chi connectivity index (χ1n) is 7.61. The molecule has 3 aromatic rings. The molecule has 0 aliphatic carbocycles. The van der Waals surface area contributed by atoms with Crippen LogP contribution in [0.15, 0.2) is 36.8 Å². The number of nitrogens with zero attached hydrogens (tertiary/aromatic N) is 4. The van der Waals surface area contributed by atoms with Crippen molar-refractivity contribution in [3.05, 3.63) is 42.5 Å². The van der Waals surface area contributed by atoms with Crippen LogP contribution in [0.1, 0.15) is 23.3 Å². The Balaban J connectivity index is 1.55. The molecule has 4 rings (SSSR count). The van der Waals surface area contributed by atoms with E-state index in [2.05, 4.69) is 30.4 Å².